The zero-order valence-corrected chi connectivity index (χ0v) is 11.0. The molecule has 0 aliphatic rings. The number of fused-ring (bicyclic) bond motifs is 1. The minimum atomic E-state index is -0.485. The summed E-state index contributed by atoms with van der Waals surface area (Å²) in [4.78, 5) is 12.1. The predicted molar refractivity (Wildman–Crippen MR) is 73.1 cm³/mol. The number of carbonyl (C=O) groups excluding carboxylic acids is 1. The standard InChI is InChI=1S/C14H16ClNO2/c1-2-3-4-11(16)14(17)13-8-9-7-10(15)5-6-12(9)18-13/h5-8,11H,2-4,16H2,1H3. The molecule has 0 radical (unpaired) electrons. The van der Waals surface area contributed by atoms with Crippen LogP contribution in [0.1, 0.15) is 36.7 Å². The highest BCUT2D eigenvalue weighted by molar-refractivity contribution is 6.31. The Kier molecular flexibility index (Phi) is 4.04. The molecule has 1 unspecified atom stereocenters. The van der Waals surface area contributed by atoms with Crippen LogP contribution in [0.4, 0.5) is 0 Å². The van der Waals surface area contributed by atoms with Crippen molar-refractivity contribution in [3.8, 4) is 0 Å². The minimum Gasteiger partial charge on any atom is -0.453 e. The lowest BCUT2D eigenvalue weighted by molar-refractivity contribution is 0.0931. The largest absolute Gasteiger partial charge is 0.453 e. The number of nitrogens with two attached hydrogens (primary N) is 1. The molecule has 0 aliphatic heterocycles. The van der Waals surface area contributed by atoms with Crippen LogP contribution in [-0.4, -0.2) is 11.8 Å². The molecule has 4 heteroatoms. The van der Waals surface area contributed by atoms with Gasteiger partial charge in [0, 0.05) is 10.4 Å². The van der Waals surface area contributed by atoms with Gasteiger partial charge in [-0.3, -0.25) is 4.79 Å². The van der Waals surface area contributed by atoms with E-state index in [2.05, 4.69) is 6.92 Å². The molecule has 0 saturated carbocycles. The second-order valence-corrected chi connectivity index (χ2v) is 4.84. The number of furan rings is 1. The van der Waals surface area contributed by atoms with E-state index >= 15 is 0 Å². The van der Waals surface area contributed by atoms with E-state index < -0.39 is 6.04 Å². The first kappa shape index (κ1) is 13.1. The molecule has 1 aromatic heterocycles. The molecule has 2 rings (SSSR count). The van der Waals surface area contributed by atoms with Gasteiger partial charge in [0.2, 0.25) is 5.78 Å². The van der Waals surface area contributed by atoms with Crippen LogP contribution in [0.5, 0.6) is 0 Å². The van der Waals surface area contributed by atoms with Crippen LogP contribution >= 0.6 is 11.6 Å². The van der Waals surface area contributed by atoms with Crippen molar-refractivity contribution in [1.29, 1.82) is 0 Å². The molecule has 0 bridgehead atoms. The van der Waals surface area contributed by atoms with Gasteiger partial charge in [0.25, 0.3) is 0 Å². The van der Waals surface area contributed by atoms with Gasteiger partial charge in [-0.05, 0) is 30.7 Å². The molecule has 1 atom stereocenters. The fourth-order valence-corrected chi connectivity index (χ4v) is 2.05. The molecule has 0 saturated heterocycles. The van der Waals surface area contributed by atoms with Crippen LogP contribution in [-0.2, 0) is 0 Å². The quantitative estimate of drug-likeness (QED) is 0.837. The third-order valence-corrected chi connectivity index (χ3v) is 3.16. The van der Waals surface area contributed by atoms with Crippen molar-refractivity contribution in [3.05, 3.63) is 35.0 Å². The van der Waals surface area contributed by atoms with E-state index in [1.54, 1.807) is 24.3 Å². The van der Waals surface area contributed by atoms with Crippen LogP contribution in [0.25, 0.3) is 11.0 Å². The second kappa shape index (κ2) is 5.55. The van der Waals surface area contributed by atoms with Gasteiger partial charge in [0.1, 0.15) is 5.58 Å². The van der Waals surface area contributed by atoms with E-state index in [0.717, 1.165) is 18.2 Å². The molecule has 0 spiro atoms. The molecule has 18 heavy (non-hydrogen) atoms. The molecule has 1 aromatic carbocycles. The Hall–Kier alpha value is -1.32. The van der Waals surface area contributed by atoms with E-state index in [0.29, 0.717) is 22.8 Å². The molecule has 2 N–H and O–H groups in total. The predicted octanol–water partition coefficient (Wildman–Crippen LogP) is 3.79. The third-order valence-electron chi connectivity index (χ3n) is 2.93. The summed E-state index contributed by atoms with van der Waals surface area (Å²) in [6, 6.07) is 6.48. The summed E-state index contributed by atoms with van der Waals surface area (Å²) in [7, 11) is 0. The maximum absolute atomic E-state index is 12.1. The van der Waals surface area contributed by atoms with Crippen molar-refractivity contribution in [3.63, 3.8) is 0 Å². The van der Waals surface area contributed by atoms with Crippen LogP contribution in [0.15, 0.2) is 28.7 Å². The van der Waals surface area contributed by atoms with E-state index in [1.165, 1.54) is 0 Å². The summed E-state index contributed by atoms with van der Waals surface area (Å²) in [5.41, 5.74) is 6.51. The maximum Gasteiger partial charge on any atom is 0.214 e. The number of unbranched alkanes of at least 4 members (excludes halogenated alkanes) is 1. The molecule has 0 fully saturated rings. The number of halogens is 1. The lowest BCUT2D eigenvalue weighted by Gasteiger charge is -2.06. The van der Waals surface area contributed by atoms with E-state index in [-0.39, 0.29) is 5.78 Å². The third kappa shape index (κ3) is 2.74. The molecule has 3 nitrogen and oxygen atoms in total. The first-order chi connectivity index (χ1) is 8.61. The first-order valence-electron chi connectivity index (χ1n) is 6.10. The fourth-order valence-electron chi connectivity index (χ4n) is 1.87. The highest BCUT2D eigenvalue weighted by Gasteiger charge is 2.19. The summed E-state index contributed by atoms with van der Waals surface area (Å²) in [5.74, 6) is 0.173. The molecule has 0 amide bonds. The number of hydrogen-bond acceptors (Lipinski definition) is 3. The first-order valence-corrected chi connectivity index (χ1v) is 6.48. The van der Waals surface area contributed by atoms with E-state index in [1.807, 2.05) is 0 Å². The highest BCUT2D eigenvalue weighted by Crippen LogP contribution is 2.24. The summed E-state index contributed by atoms with van der Waals surface area (Å²) in [6.07, 6.45) is 2.66. The fraction of sp³-hybridized carbons (Fsp3) is 0.357. The summed E-state index contributed by atoms with van der Waals surface area (Å²) >= 11 is 5.89. The van der Waals surface area contributed by atoms with Crippen molar-refractivity contribution in [2.45, 2.75) is 32.2 Å². The Morgan fingerprint density at radius 1 is 1.44 bits per heavy atom. The highest BCUT2D eigenvalue weighted by atomic mass is 35.5. The van der Waals surface area contributed by atoms with Crippen molar-refractivity contribution in [2.75, 3.05) is 0 Å². The van der Waals surface area contributed by atoms with E-state index in [9.17, 15) is 4.79 Å². The topological polar surface area (TPSA) is 56.2 Å². The Balaban J connectivity index is 2.22. The van der Waals surface area contributed by atoms with E-state index in [4.69, 9.17) is 21.8 Å². The van der Waals surface area contributed by atoms with Gasteiger partial charge in [-0.2, -0.15) is 0 Å². The normalized spacial score (nSPS) is 12.8. The monoisotopic (exact) mass is 265 g/mol. The molecule has 96 valence electrons. The van der Waals surface area contributed by atoms with Gasteiger partial charge < -0.3 is 10.2 Å². The number of ketones is 1. The SMILES string of the molecule is CCCCC(N)C(=O)c1cc2cc(Cl)ccc2o1. The Morgan fingerprint density at radius 2 is 2.22 bits per heavy atom. The average molecular weight is 266 g/mol. The summed E-state index contributed by atoms with van der Waals surface area (Å²) in [5, 5.41) is 1.45. The number of hydrogen-bond donors (Lipinski definition) is 1. The number of Topliss-reactive ketones (excluding diaryl/α,β-unsaturated/α-hetero) is 1. The van der Waals surface area contributed by atoms with Gasteiger partial charge in [0.15, 0.2) is 5.76 Å². The summed E-state index contributed by atoms with van der Waals surface area (Å²) in [6.45, 7) is 2.07. The van der Waals surface area contributed by atoms with Gasteiger partial charge >= 0.3 is 0 Å². The van der Waals surface area contributed by atoms with Gasteiger partial charge in [-0.1, -0.05) is 31.4 Å². The van der Waals surface area contributed by atoms with Crippen molar-refractivity contribution >= 4 is 28.4 Å². The summed E-state index contributed by atoms with van der Waals surface area (Å²) < 4.78 is 5.50. The Bertz CT molecular complexity index is 562. The zero-order chi connectivity index (χ0) is 13.1. The van der Waals surface area contributed by atoms with Crippen molar-refractivity contribution in [2.24, 2.45) is 5.73 Å². The van der Waals surface area contributed by atoms with Gasteiger partial charge in [-0.25, -0.2) is 0 Å². The molecule has 0 aliphatic carbocycles. The smallest absolute Gasteiger partial charge is 0.214 e. The molecular formula is C14H16ClNO2. The van der Waals surface area contributed by atoms with Gasteiger partial charge in [0.05, 0.1) is 6.04 Å². The minimum absolute atomic E-state index is 0.143. The molecule has 2 aromatic rings. The van der Waals surface area contributed by atoms with Crippen LogP contribution in [0.2, 0.25) is 5.02 Å². The number of carbonyl (C=O) groups is 1. The molecular weight excluding hydrogens is 250 g/mol. The molecule has 1 heterocycles. The van der Waals surface area contributed by atoms with Crippen LogP contribution in [0.3, 0.4) is 0 Å². The maximum atomic E-state index is 12.1. The van der Waals surface area contributed by atoms with Gasteiger partial charge in [-0.15, -0.1) is 0 Å². The second-order valence-electron chi connectivity index (χ2n) is 4.41. The lowest BCUT2D eigenvalue weighted by atomic mass is 10.0. The van der Waals surface area contributed by atoms with Crippen LogP contribution in [0, 0.1) is 0 Å². The van der Waals surface area contributed by atoms with Crippen molar-refractivity contribution < 1.29 is 9.21 Å². The Labute approximate surface area is 111 Å². The number of benzene rings is 1. The average Bonchev–Trinajstić information content (AvgIpc) is 2.77. The Morgan fingerprint density at radius 3 is 2.94 bits per heavy atom. The van der Waals surface area contributed by atoms with Crippen molar-refractivity contribution in [1.82, 2.24) is 0 Å². The number of rotatable bonds is 5. The lowest BCUT2D eigenvalue weighted by Crippen LogP contribution is -2.30. The zero-order valence-electron chi connectivity index (χ0n) is 10.3. The van der Waals surface area contributed by atoms with Crippen LogP contribution < -0.4 is 5.73 Å².